The zero-order valence-corrected chi connectivity index (χ0v) is 14.3. The highest BCUT2D eigenvalue weighted by Crippen LogP contribution is 2.21. The van der Waals surface area contributed by atoms with E-state index in [-0.39, 0.29) is 5.41 Å². The third-order valence-corrected chi connectivity index (χ3v) is 4.24. The van der Waals surface area contributed by atoms with Crippen LogP contribution in [0.5, 0.6) is 0 Å². The smallest absolute Gasteiger partial charge is 0.0234 e. The summed E-state index contributed by atoms with van der Waals surface area (Å²) in [5, 5.41) is 0. The molecule has 0 amide bonds. The van der Waals surface area contributed by atoms with Crippen LogP contribution in [0.2, 0.25) is 0 Å². The maximum atomic E-state index is 5.85. The highest BCUT2D eigenvalue weighted by atomic mass is 79.9. The number of nitrogens with two attached hydrogens (primary N) is 1. The maximum absolute atomic E-state index is 5.85. The van der Waals surface area contributed by atoms with Gasteiger partial charge in [0.1, 0.15) is 0 Å². The van der Waals surface area contributed by atoms with Crippen molar-refractivity contribution in [2.24, 2.45) is 11.1 Å². The molecule has 0 atom stereocenters. The Hall–Kier alpha value is -0.380. The Labute approximate surface area is 126 Å². The molecule has 108 valence electrons. The summed E-state index contributed by atoms with van der Waals surface area (Å²) >= 11 is 3.61. The molecule has 0 heterocycles. The number of aryl methyl sites for hydroxylation is 1. The van der Waals surface area contributed by atoms with E-state index in [9.17, 15) is 0 Å². The predicted octanol–water partition coefficient (Wildman–Crippen LogP) is 3.95. The van der Waals surface area contributed by atoms with Crippen molar-refractivity contribution >= 4 is 15.9 Å². The van der Waals surface area contributed by atoms with Gasteiger partial charge in [0.2, 0.25) is 0 Å². The van der Waals surface area contributed by atoms with Crippen molar-refractivity contribution in [3.05, 3.63) is 33.8 Å². The number of rotatable bonds is 7. The van der Waals surface area contributed by atoms with Crippen LogP contribution in [0.1, 0.15) is 38.3 Å². The van der Waals surface area contributed by atoms with E-state index in [1.54, 1.807) is 0 Å². The van der Waals surface area contributed by atoms with Crippen molar-refractivity contribution in [3.63, 3.8) is 0 Å². The highest BCUT2D eigenvalue weighted by Gasteiger charge is 2.20. The van der Waals surface area contributed by atoms with Gasteiger partial charge < -0.3 is 5.73 Å². The summed E-state index contributed by atoms with van der Waals surface area (Å²) in [5.74, 6) is 0. The second kappa shape index (κ2) is 7.41. The molecule has 1 aromatic rings. The molecule has 0 aromatic heterocycles. The minimum Gasteiger partial charge on any atom is -0.330 e. The molecular formula is C16H27BrN2. The predicted molar refractivity (Wildman–Crippen MR) is 87.3 cm³/mol. The summed E-state index contributed by atoms with van der Waals surface area (Å²) in [6.07, 6.45) is 1.17. The van der Waals surface area contributed by atoms with Crippen LogP contribution >= 0.6 is 15.9 Å². The minimum atomic E-state index is 0.178. The number of hydrogen-bond acceptors (Lipinski definition) is 2. The molecule has 0 saturated heterocycles. The van der Waals surface area contributed by atoms with Crippen molar-refractivity contribution in [3.8, 4) is 0 Å². The molecule has 0 spiro atoms. The van der Waals surface area contributed by atoms with Gasteiger partial charge in [-0.05, 0) is 49.0 Å². The second-order valence-corrected chi connectivity index (χ2v) is 7.02. The Morgan fingerprint density at radius 1 is 1.32 bits per heavy atom. The molecule has 1 rings (SSSR count). The van der Waals surface area contributed by atoms with E-state index in [1.165, 1.54) is 22.0 Å². The lowest BCUT2D eigenvalue weighted by Crippen LogP contribution is -2.38. The summed E-state index contributed by atoms with van der Waals surface area (Å²) < 4.78 is 1.19. The lowest BCUT2D eigenvalue weighted by atomic mass is 9.93. The third-order valence-electron chi connectivity index (χ3n) is 3.39. The summed E-state index contributed by atoms with van der Waals surface area (Å²) in [7, 11) is 0. The van der Waals surface area contributed by atoms with Crippen LogP contribution < -0.4 is 5.73 Å². The first-order valence-electron chi connectivity index (χ1n) is 7.05. The summed E-state index contributed by atoms with van der Waals surface area (Å²) in [6.45, 7) is 12.7. The molecule has 0 fully saturated rings. The fourth-order valence-corrected chi connectivity index (χ4v) is 2.62. The van der Waals surface area contributed by atoms with Crippen molar-refractivity contribution in [2.75, 3.05) is 19.6 Å². The van der Waals surface area contributed by atoms with Crippen molar-refractivity contribution in [2.45, 2.75) is 40.7 Å². The van der Waals surface area contributed by atoms with Gasteiger partial charge in [-0.1, -0.05) is 48.8 Å². The van der Waals surface area contributed by atoms with Gasteiger partial charge in [0.05, 0.1) is 0 Å². The van der Waals surface area contributed by atoms with Crippen LogP contribution in [0, 0.1) is 12.3 Å². The van der Waals surface area contributed by atoms with Crippen molar-refractivity contribution in [1.82, 2.24) is 4.90 Å². The Bertz CT molecular complexity index is 402. The van der Waals surface area contributed by atoms with E-state index < -0.39 is 0 Å². The number of benzene rings is 1. The summed E-state index contributed by atoms with van der Waals surface area (Å²) in [6, 6.07) is 6.63. The molecule has 0 aliphatic heterocycles. The minimum absolute atomic E-state index is 0.178. The van der Waals surface area contributed by atoms with Crippen LogP contribution in [-0.2, 0) is 6.54 Å². The summed E-state index contributed by atoms with van der Waals surface area (Å²) in [4.78, 5) is 2.50. The van der Waals surface area contributed by atoms with Crippen molar-refractivity contribution in [1.29, 1.82) is 0 Å². The largest absolute Gasteiger partial charge is 0.330 e. The lowest BCUT2D eigenvalue weighted by Gasteiger charge is -2.31. The van der Waals surface area contributed by atoms with Gasteiger partial charge in [-0.25, -0.2) is 0 Å². The van der Waals surface area contributed by atoms with Crippen molar-refractivity contribution < 1.29 is 0 Å². The molecule has 0 aliphatic rings. The van der Waals surface area contributed by atoms with Gasteiger partial charge in [0.25, 0.3) is 0 Å². The van der Waals surface area contributed by atoms with Crippen LogP contribution in [0.3, 0.4) is 0 Å². The number of nitrogens with zero attached hydrogens (tertiary/aromatic N) is 1. The average Bonchev–Trinajstić information content (AvgIpc) is 2.34. The Morgan fingerprint density at radius 3 is 2.53 bits per heavy atom. The molecule has 0 saturated carbocycles. The normalized spacial score (nSPS) is 12.2. The Balaban J connectivity index is 2.74. The van der Waals surface area contributed by atoms with Gasteiger partial charge in [-0.3, -0.25) is 4.90 Å². The van der Waals surface area contributed by atoms with Gasteiger partial charge in [-0.15, -0.1) is 0 Å². The Morgan fingerprint density at radius 2 is 2.00 bits per heavy atom. The van der Waals surface area contributed by atoms with Crippen LogP contribution in [0.25, 0.3) is 0 Å². The SMILES string of the molecule is CCCN(Cc1ccc(C)c(Br)c1)CC(C)(C)CN. The van der Waals surface area contributed by atoms with E-state index in [1.807, 2.05) is 0 Å². The molecule has 0 radical (unpaired) electrons. The standard InChI is InChI=1S/C16H27BrN2/c1-5-8-19(12-16(3,4)11-18)10-14-7-6-13(2)15(17)9-14/h6-7,9H,5,8,10-12,18H2,1-4H3. The van der Waals surface area contributed by atoms with E-state index in [0.717, 1.165) is 26.2 Å². The van der Waals surface area contributed by atoms with Gasteiger partial charge in [0, 0.05) is 17.6 Å². The first-order valence-corrected chi connectivity index (χ1v) is 7.84. The fraction of sp³-hybridized carbons (Fsp3) is 0.625. The zero-order valence-electron chi connectivity index (χ0n) is 12.7. The topological polar surface area (TPSA) is 29.3 Å². The molecule has 19 heavy (non-hydrogen) atoms. The summed E-state index contributed by atoms with van der Waals surface area (Å²) in [5.41, 5.74) is 8.68. The number of halogens is 1. The van der Waals surface area contributed by atoms with E-state index in [4.69, 9.17) is 5.73 Å². The molecule has 0 bridgehead atoms. The molecule has 1 aromatic carbocycles. The quantitative estimate of drug-likeness (QED) is 0.821. The van der Waals surface area contributed by atoms with Crippen LogP contribution in [0.15, 0.2) is 22.7 Å². The van der Waals surface area contributed by atoms with E-state index in [2.05, 4.69) is 66.7 Å². The monoisotopic (exact) mass is 326 g/mol. The van der Waals surface area contributed by atoms with Crippen LogP contribution in [-0.4, -0.2) is 24.5 Å². The molecular weight excluding hydrogens is 300 g/mol. The van der Waals surface area contributed by atoms with Gasteiger partial charge >= 0.3 is 0 Å². The highest BCUT2D eigenvalue weighted by molar-refractivity contribution is 9.10. The van der Waals surface area contributed by atoms with E-state index in [0.29, 0.717) is 0 Å². The maximum Gasteiger partial charge on any atom is 0.0234 e. The van der Waals surface area contributed by atoms with Gasteiger partial charge in [-0.2, -0.15) is 0 Å². The zero-order chi connectivity index (χ0) is 14.5. The molecule has 2 N–H and O–H groups in total. The fourth-order valence-electron chi connectivity index (χ4n) is 2.19. The van der Waals surface area contributed by atoms with E-state index >= 15 is 0 Å². The second-order valence-electron chi connectivity index (χ2n) is 6.16. The van der Waals surface area contributed by atoms with Crippen LogP contribution in [0.4, 0.5) is 0 Å². The Kier molecular flexibility index (Phi) is 6.51. The first-order chi connectivity index (χ1) is 8.88. The van der Waals surface area contributed by atoms with Gasteiger partial charge in [0.15, 0.2) is 0 Å². The first kappa shape index (κ1) is 16.7. The lowest BCUT2D eigenvalue weighted by molar-refractivity contribution is 0.176. The molecule has 2 nitrogen and oxygen atoms in total. The molecule has 3 heteroatoms. The molecule has 0 unspecified atom stereocenters. The average molecular weight is 327 g/mol. The molecule has 0 aliphatic carbocycles. The third kappa shape index (κ3) is 5.64. The number of hydrogen-bond donors (Lipinski definition) is 1.